The van der Waals surface area contributed by atoms with Crippen LogP contribution in [-0.2, 0) is 9.53 Å². The minimum Gasteiger partial charge on any atom is -0.379 e. The molecule has 2 fully saturated rings. The number of halogens is 3. The van der Waals surface area contributed by atoms with Crippen molar-refractivity contribution in [2.45, 2.75) is 25.3 Å². The number of fused-ring (bicyclic) bond motifs is 1. The number of aromatic nitrogens is 3. The molecule has 5 rings (SSSR count). The Morgan fingerprint density at radius 3 is 2.56 bits per heavy atom. The second-order valence-corrected chi connectivity index (χ2v) is 9.42. The van der Waals surface area contributed by atoms with E-state index < -0.39 is 0 Å². The number of imidazole rings is 1. The molecule has 1 amide bonds. The van der Waals surface area contributed by atoms with Crippen LogP contribution in [0.3, 0.4) is 0 Å². The topological polar surface area (TPSA) is 72.3 Å². The van der Waals surface area contributed by atoms with Crippen LogP contribution in [0.4, 0.5) is 5.95 Å². The van der Waals surface area contributed by atoms with E-state index in [0.29, 0.717) is 47.2 Å². The van der Waals surface area contributed by atoms with Crippen molar-refractivity contribution >= 4 is 57.7 Å². The van der Waals surface area contributed by atoms with Gasteiger partial charge < -0.3 is 15.0 Å². The lowest BCUT2D eigenvalue weighted by Crippen LogP contribution is -2.44. The van der Waals surface area contributed by atoms with Gasteiger partial charge in [0.25, 0.3) is 0 Å². The van der Waals surface area contributed by atoms with E-state index in [0.717, 1.165) is 36.2 Å². The average Bonchev–Trinajstić information content (AvgIpc) is 3.43. The Morgan fingerprint density at radius 2 is 1.88 bits per heavy atom. The Balaban J connectivity index is 1.42. The number of nitrogens with zero attached hydrogens (tertiary/aromatic N) is 4. The molecule has 4 heterocycles. The fourth-order valence-corrected chi connectivity index (χ4v) is 4.73. The monoisotopic (exact) mass is 493 g/mol. The number of anilines is 1. The van der Waals surface area contributed by atoms with E-state index in [2.05, 4.69) is 15.2 Å². The second-order valence-electron chi connectivity index (χ2n) is 8.17. The summed E-state index contributed by atoms with van der Waals surface area (Å²) in [6.07, 6.45) is 3.98. The number of pyridine rings is 1. The summed E-state index contributed by atoms with van der Waals surface area (Å²) >= 11 is 18.6. The van der Waals surface area contributed by atoms with Gasteiger partial charge in [0.05, 0.1) is 38.8 Å². The average molecular weight is 495 g/mol. The summed E-state index contributed by atoms with van der Waals surface area (Å²) in [5.74, 6) is 1.54. The summed E-state index contributed by atoms with van der Waals surface area (Å²) < 4.78 is 7.32. The predicted octanol–water partition coefficient (Wildman–Crippen LogP) is 4.50. The molecule has 2 aromatic heterocycles. The van der Waals surface area contributed by atoms with Crippen LogP contribution >= 0.6 is 34.8 Å². The van der Waals surface area contributed by atoms with Crippen molar-refractivity contribution in [1.29, 1.82) is 0 Å². The van der Waals surface area contributed by atoms with Crippen molar-refractivity contribution in [3.63, 3.8) is 0 Å². The lowest BCUT2D eigenvalue weighted by molar-refractivity contribution is -0.126. The molecule has 32 heavy (non-hydrogen) atoms. The minimum absolute atomic E-state index is 0.0118. The van der Waals surface area contributed by atoms with E-state index in [1.165, 1.54) is 0 Å². The molecule has 2 aliphatic heterocycles. The van der Waals surface area contributed by atoms with Crippen LogP contribution in [0, 0.1) is 5.92 Å². The van der Waals surface area contributed by atoms with Crippen LogP contribution < -0.4 is 10.2 Å². The smallest absolute Gasteiger partial charge is 0.223 e. The first-order chi connectivity index (χ1) is 15.5. The zero-order valence-corrected chi connectivity index (χ0v) is 19.5. The zero-order valence-electron chi connectivity index (χ0n) is 17.2. The number of nitrogens with one attached hydrogen (secondary N) is 1. The molecular formula is C22H22Cl3N5O2. The lowest BCUT2D eigenvalue weighted by Gasteiger charge is -2.32. The van der Waals surface area contributed by atoms with E-state index in [9.17, 15) is 4.79 Å². The van der Waals surface area contributed by atoms with Crippen molar-refractivity contribution in [1.82, 2.24) is 19.9 Å². The molecule has 1 aromatic carbocycles. The van der Waals surface area contributed by atoms with Crippen LogP contribution in [0.2, 0.25) is 15.1 Å². The van der Waals surface area contributed by atoms with Crippen molar-refractivity contribution in [3.05, 3.63) is 45.5 Å². The third-order valence-electron chi connectivity index (χ3n) is 6.04. The number of hydrogen-bond acceptors (Lipinski definition) is 5. The van der Waals surface area contributed by atoms with E-state index in [4.69, 9.17) is 44.5 Å². The Morgan fingerprint density at radius 1 is 1.09 bits per heavy atom. The summed E-state index contributed by atoms with van der Waals surface area (Å²) in [6.45, 7) is 2.73. The van der Waals surface area contributed by atoms with Gasteiger partial charge in [0, 0.05) is 31.8 Å². The third-order valence-corrected chi connectivity index (χ3v) is 6.99. The van der Waals surface area contributed by atoms with E-state index in [-0.39, 0.29) is 17.9 Å². The SMILES string of the molecule is O=C(NC1CCOC1)C1CCN(c2nc3cc(Cl)c(Cl)cc3n2-c2ccc(Cl)cn2)CC1. The molecule has 7 nitrogen and oxygen atoms in total. The maximum Gasteiger partial charge on any atom is 0.223 e. The summed E-state index contributed by atoms with van der Waals surface area (Å²) in [5.41, 5.74) is 1.54. The molecule has 10 heteroatoms. The number of piperidine rings is 1. The highest BCUT2D eigenvalue weighted by Gasteiger charge is 2.30. The molecule has 0 bridgehead atoms. The molecular weight excluding hydrogens is 473 g/mol. The first-order valence-electron chi connectivity index (χ1n) is 10.6. The minimum atomic E-state index is -0.0118. The molecule has 0 spiro atoms. The summed E-state index contributed by atoms with van der Waals surface area (Å²) in [4.78, 5) is 24.2. The largest absolute Gasteiger partial charge is 0.379 e. The first kappa shape index (κ1) is 21.8. The highest BCUT2D eigenvalue weighted by atomic mass is 35.5. The Kier molecular flexibility index (Phi) is 6.16. The maximum absolute atomic E-state index is 12.7. The molecule has 1 atom stereocenters. The number of rotatable bonds is 4. The molecule has 1 unspecified atom stereocenters. The standard InChI is InChI=1S/C22H22Cl3N5O2/c23-14-1-2-20(26-11-14)30-19-10-17(25)16(24)9-18(19)28-22(30)29-6-3-13(4-7-29)21(31)27-15-5-8-32-12-15/h1-2,9-11,13,15H,3-8,12H2,(H,27,31). The Hall–Kier alpha value is -2.06. The van der Waals surface area contributed by atoms with Gasteiger partial charge >= 0.3 is 0 Å². The van der Waals surface area contributed by atoms with Crippen molar-refractivity contribution in [2.24, 2.45) is 5.92 Å². The number of ether oxygens (including phenoxy) is 1. The van der Waals surface area contributed by atoms with Gasteiger partial charge in [-0.2, -0.15) is 0 Å². The van der Waals surface area contributed by atoms with Gasteiger partial charge in [-0.15, -0.1) is 0 Å². The van der Waals surface area contributed by atoms with Crippen molar-refractivity contribution in [3.8, 4) is 5.82 Å². The van der Waals surface area contributed by atoms with Gasteiger partial charge in [0.15, 0.2) is 0 Å². The quantitative estimate of drug-likeness (QED) is 0.578. The highest BCUT2D eigenvalue weighted by molar-refractivity contribution is 6.42. The first-order valence-corrected chi connectivity index (χ1v) is 11.8. The Labute approximate surface area is 200 Å². The molecule has 2 aliphatic rings. The predicted molar refractivity (Wildman–Crippen MR) is 126 cm³/mol. The van der Waals surface area contributed by atoms with Crippen LogP contribution in [0.1, 0.15) is 19.3 Å². The van der Waals surface area contributed by atoms with Gasteiger partial charge in [-0.3, -0.25) is 9.36 Å². The maximum atomic E-state index is 12.7. The molecule has 0 radical (unpaired) electrons. The van der Waals surface area contributed by atoms with Crippen LogP contribution in [0.15, 0.2) is 30.5 Å². The fraction of sp³-hybridized carbons (Fsp3) is 0.409. The summed E-state index contributed by atoms with van der Waals surface area (Å²) in [7, 11) is 0. The number of benzene rings is 1. The molecule has 168 valence electrons. The molecule has 3 aromatic rings. The number of carbonyl (C=O) groups excluding carboxylic acids is 1. The fourth-order valence-electron chi connectivity index (χ4n) is 4.31. The van der Waals surface area contributed by atoms with Crippen LogP contribution in [0.5, 0.6) is 0 Å². The molecule has 1 N–H and O–H groups in total. The van der Waals surface area contributed by atoms with E-state index in [1.54, 1.807) is 24.4 Å². The second kappa shape index (κ2) is 9.06. The lowest BCUT2D eigenvalue weighted by atomic mass is 9.95. The summed E-state index contributed by atoms with van der Waals surface area (Å²) in [6, 6.07) is 7.34. The van der Waals surface area contributed by atoms with Gasteiger partial charge in [-0.1, -0.05) is 34.8 Å². The highest BCUT2D eigenvalue weighted by Crippen LogP contribution is 2.34. The number of carbonyl (C=O) groups is 1. The van der Waals surface area contributed by atoms with Gasteiger partial charge in [0.2, 0.25) is 11.9 Å². The summed E-state index contributed by atoms with van der Waals surface area (Å²) in [5, 5.41) is 4.58. The molecule has 0 aliphatic carbocycles. The van der Waals surface area contributed by atoms with Gasteiger partial charge in [-0.25, -0.2) is 9.97 Å². The Bertz CT molecular complexity index is 1140. The van der Waals surface area contributed by atoms with Crippen LogP contribution in [0.25, 0.3) is 16.9 Å². The molecule has 2 saturated heterocycles. The zero-order chi connectivity index (χ0) is 22.2. The van der Waals surface area contributed by atoms with Gasteiger partial charge in [-0.05, 0) is 43.5 Å². The van der Waals surface area contributed by atoms with E-state index >= 15 is 0 Å². The van der Waals surface area contributed by atoms with E-state index in [1.807, 2.05) is 10.6 Å². The number of amides is 1. The van der Waals surface area contributed by atoms with Crippen LogP contribution in [-0.4, -0.2) is 52.8 Å². The number of hydrogen-bond donors (Lipinski definition) is 1. The van der Waals surface area contributed by atoms with Crippen molar-refractivity contribution in [2.75, 3.05) is 31.2 Å². The molecule has 0 saturated carbocycles. The third kappa shape index (κ3) is 4.27. The normalized spacial score (nSPS) is 19.6. The van der Waals surface area contributed by atoms with Gasteiger partial charge in [0.1, 0.15) is 5.82 Å². The van der Waals surface area contributed by atoms with Crippen molar-refractivity contribution < 1.29 is 9.53 Å².